The molecule has 1 N–H and O–H groups in total. The molecule has 0 saturated carbocycles. The molecule has 3 nitrogen and oxygen atoms in total. The van der Waals surface area contributed by atoms with Crippen LogP contribution in [0.15, 0.2) is 42.5 Å². The van der Waals surface area contributed by atoms with Crippen molar-refractivity contribution < 1.29 is 4.79 Å². The Balaban J connectivity index is 1.57. The predicted octanol–water partition coefficient (Wildman–Crippen LogP) is 3.56. The number of nitrogens with one attached hydrogen (secondary N) is 1. The van der Waals surface area contributed by atoms with E-state index in [2.05, 4.69) is 46.6 Å². The van der Waals surface area contributed by atoms with Crippen LogP contribution in [-0.4, -0.2) is 36.5 Å². The van der Waals surface area contributed by atoms with Gasteiger partial charge in [-0.3, -0.25) is 4.79 Å². The Hall–Kier alpha value is -1.61. The predicted molar refractivity (Wildman–Crippen MR) is 98.8 cm³/mol. The zero-order chi connectivity index (χ0) is 16.6. The number of piperidine rings is 1. The average molecular weight is 326 g/mol. The first-order valence-electron chi connectivity index (χ1n) is 9.52. The lowest BCUT2D eigenvalue weighted by Gasteiger charge is -2.31. The van der Waals surface area contributed by atoms with Crippen molar-refractivity contribution in [3.63, 3.8) is 0 Å². The van der Waals surface area contributed by atoms with Crippen molar-refractivity contribution in [3.8, 4) is 0 Å². The summed E-state index contributed by atoms with van der Waals surface area (Å²) in [6.07, 6.45) is 12.1. The fraction of sp³-hybridized carbons (Fsp3) is 0.571. The van der Waals surface area contributed by atoms with E-state index in [0.29, 0.717) is 12.3 Å². The third kappa shape index (κ3) is 5.48. The molecule has 0 unspecified atom stereocenters. The van der Waals surface area contributed by atoms with Crippen LogP contribution in [0.25, 0.3) is 0 Å². The van der Waals surface area contributed by atoms with Crippen LogP contribution in [0.2, 0.25) is 0 Å². The van der Waals surface area contributed by atoms with Crippen LogP contribution in [0.4, 0.5) is 0 Å². The molecule has 0 spiro atoms. The third-order valence-electron chi connectivity index (χ3n) is 5.18. The highest BCUT2D eigenvalue weighted by Crippen LogP contribution is 2.20. The summed E-state index contributed by atoms with van der Waals surface area (Å²) in [7, 11) is 0. The van der Waals surface area contributed by atoms with E-state index in [9.17, 15) is 4.79 Å². The maximum absolute atomic E-state index is 12.5. The maximum Gasteiger partial charge on any atom is 0.220 e. The van der Waals surface area contributed by atoms with Crippen LogP contribution in [-0.2, 0) is 11.2 Å². The highest BCUT2D eigenvalue weighted by Gasteiger charge is 2.20. The van der Waals surface area contributed by atoms with E-state index in [4.69, 9.17) is 0 Å². The van der Waals surface area contributed by atoms with Gasteiger partial charge in [-0.25, -0.2) is 0 Å². The van der Waals surface area contributed by atoms with E-state index >= 15 is 0 Å². The van der Waals surface area contributed by atoms with Gasteiger partial charge < -0.3 is 10.2 Å². The van der Waals surface area contributed by atoms with Crippen LogP contribution >= 0.6 is 0 Å². The molecule has 0 radical (unpaired) electrons. The molecule has 1 fully saturated rings. The van der Waals surface area contributed by atoms with Gasteiger partial charge in [0.2, 0.25) is 5.91 Å². The van der Waals surface area contributed by atoms with E-state index in [1.165, 1.54) is 37.9 Å². The summed E-state index contributed by atoms with van der Waals surface area (Å²) in [5.41, 5.74) is 1.31. The van der Waals surface area contributed by atoms with Gasteiger partial charge in [-0.05, 0) is 56.7 Å². The van der Waals surface area contributed by atoms with Gasteiger partial charge in [-0.2, -0.15) is 0 Å². The van der Waals surface area contributed by atoms with Crippen molar-refractivity contribution in [3.05, 3.63) is 48.0 Å². The highest BCUT2D eigenvalue weighted by molar-refractivity contribution is 5.76. The third-order valence-corrected chi connectivity index (χ3v) is 5.18. The number of carbonyl (C=O) groups is 1. The molecular formula is C21H30N2O. The number of rotatable bonds is 7. The largest absolute Gasteiger partial charge is 0.352 e. The molecule has 1 saturated heterocycles. The molecule has 0 aromatic heterocycles. The van der Waals surface area contributed by atoms with E-state index in [1.807, 2.05) is 6.07 Å². The summed E-state index contributed by atoms with van der Waals surface area (Å²) in [5.74, 6) is 0.654. The summed E-state index contributed by atoms with van der Waals surface area (Å²) >= 11 is 0. The standard InChI is InChI=1S/C21H30N2O/c24-21(16-19-11-5-6-12-19)22-20(15-18-9-3-1-4-10-18)17-23-13-7-2-8-14-23/h1,3-5,9-11,19-20H,2,6-8,12-17H2,(H,22,24)/t19-,20+/m0/s1. The molecule has 3 heteroatoms. The number of hydrogen-bond acceptors (Lipinski definition) is 2. The second-order valence-corrected chi connectivity index (χ2v) is 7.29. The number of benzene rings is 1. The molecule has 24 heavy (non-hydrogen) atoms. The number of hydrogen-bond donors (Lipinski definition) is 1. The molecule has 1 aromatic rings. The number of nitrogens with zero attached hydrogens (tertiary/aromatic N) is 1. The molecule has 1 heterocycles. The van der Waals surface area contributed by atoms with Gasteiger partial charge in [-0.15, -0.1) is 0 Å². The SMILES string of the molecule is O=C(C[C@H]1C=CCC1)N[C@H](Cc1ccccc1)CN1CCCCC1. The minimum atomic E-state index is 0.211. The zero-order valence-corrected chi connectivity index (χ0v) is 14.6. The highest BCUT2D eigenvalue weighted by atomic mass is 16.1. The van der Waals surface area contributed by atoms with Crippen molar-refractivity contribution in [1.29, 1.82) is 0 Å². The Morgan fingerprint density at radius 2 is 1.96 bits per heavy atom. The number of allylic oxidation sites excluding steroid dienone is 2. The van der Waals surface area contributed by atoms with Crippen molar-refractivity contribution >= 4 is 5.91 Å². The lowest BCUT2D eigenvalue weighted by molar-refractivity contribution is -0.122. The topological polar surface area (TPSA) is 32.3 Å². The van der Waals surface area contributed by atoms with Crippen molar-refractivity contribution in [2.24, 2.45) is 5.92 Å². The van der Waals surface area contributed by atoms with E-state index in [-0.39, 0.29) is 11.9 Å². The van der Waals surface area contributed by atoms with Gasteiger partial charge in [-0.1, -0.05) is 48.9 Å². The van der Waals surface area contributed by atoms with Crippen LogP contribution in [0, 0.1) is 5.92 Å². The first-order chi connectivity index (χ1) is 11.8. The zero-order valence-electron chi connectivity index (χ0n) is 14.6. The number of likely N-dealkylation sites (tertiary alicyclic amines) is 1. The summed E-state index contributed by atoms with van der Waals surface area (Å²) in [4.78, 5) is 15.0. The fourth-order valence-corrected chi connectivity index (χ4v) is 3.90. The summed E-state index contributed by atoms with van der Waals surface area (Å²) in [6.45, 7) is 3.32. The fourth-order valence-electron chi connectivity index (χ4n) is 3.90. The summed E-state index contributed by atoms with van der Waals surface area (Å²) in [5, 5.41) is 3.33. The van der Waals surface area contributed by atoms with Gasteiger partial charge >= 0.3 is 0 Å². The van der Waals surface area contributed by atoms with Crippen LogP contribution in [0.5, 0.6) is 0 Å². The lowest BCUT2D eigenvalue weighted by Crippen LogP contribution is -2.46. The Morgan fingerprint density at radius 3 is 2.67 bits per heavy atom. The van der Waals surface area contributed by atoms with Gasteiger partial charge in [0.1, 0.15) is 0 Å². The Kier molecular flexibility index (Phi) is 6.48. The Labute approximate surface area is 146 Å². The molecule has 0 bridgehead atoms. The molecule has 1 aliphatic carbocycles. The smallest absolute Gasteiger partial charge is 0.220 e. The monoisotopic (exact) mass is 326 g/mol. The molecule has 130 valence electrons. The quantitative estimate of drug-likeness (QED) is 0.777. The average Bonchev–Trinajstić information content (AvgIpc) is 3.09. The number of amides is 1. The Morgan fingerprint density at radius 1 is 1.17 bits per heavy atom. The minimum Gasteiger partial charge on any atom is -0.352 e. The van der Waals surface area contributed by atoms with Gasteiger partial charge in [0.15, 0.2) is 0 Å². The molecular weight excluding hydrogens is 296 g/mol. The van der Waals surface area contributed by atoms with Gasteiger partial charge in [0.05, 0.1) is 0 Å². The minimum absolute atomic E-state index is 0.211. The van der Waals surface area contributed by atoms with Crippen LogP contribution < -0.4 is 5.32 Å². The van der Waals surface area contributed by atoms with Gasteiger partial charge in [0.25, 0.3) is 0 Å². The van der Waals surface area contributed by atoms with Crippen LogP contribution in [0.3, 0.4) is 0 Å². The van der Waals surface area contributed by atoms with Crippen molar-refractivity contribution in [2.75, 3.05) is 19.6 Å². The normalized spacial score (nSPS) is 22.4. The van der Waals surface area contributed by atoms with Gasteiger partial charge in [0, 0.05) is 19.0 Å². The molecule has 2 atom stereocenters. The van der Waals surface area contributed by atoms with Crippen LogP contribution in [0.1, 0.15) is 44.1 Å². The molecule has 1 aromatic carbocycles. The summed E-state index contributed by atoms with van der Waals surface area (Å²) < 4.78 is 0. The van der Waals surface area contributed by atoms with E-state index < -0.39 is 0 Å². The summed E-state index contributed by atoms with van der Waals surface area (Å²) in [6, 6.07) is 10.7. The molecule has 3 rings (SSSR count). The maximum atomic E-state index is 12.5. The molecule has 1 aliphatic heterocycles. The molecule has 2 aliphatic rings. The van der Waals surface area contributed by atoms with E-state index in [0.717, 1.165) is 25.8 Å². The second kappa shape index (κ2) is 9.03. The number of carbonyl (C=O) groups excluding carboxylic acids is 1. The molecule has 1 amide bonds. The first kappa shape index (κ1) is 17.2. The van der Waals surface area contributed by atoms with E-state index in [1.54, 1.807) is 0 Å². The lowest BCUT2D eigenvalue weighted by atomic mass is 10.0. The first-order valence-corrected chi connectivity index (χ1v) is 9.52. The van der Waals surface area contributed by atoms with Crippen molar-refractivity contribution in [1.82, 2.24) is 10.2 Å². The van der Waals surface area contributed by atoms with Crippen molar-refractivity contribution in [2.45, 2.75) is 51.0 Å². The second-order valence-electron chi connectivity index (χ2n) is 7.29. The Bertz CT molecular complexity index is 534.